The van der Waals surface area contributed by atoms with Crippen LogP contribution in [0.3, 0.4) is 0 Å². The number of hydrogen-bond acceptors (Lipinski definition) is 3. The fourth-order valence-electron chi connectivity index (χ4n) is 4.67. The van der Waals surface area contributed by atoms with Gasteiger partial charge in [-0.1, -0.05) is 58.5 Å². The Hall–Kier alpha value is -1.50. The predicted molar refractivity (Wildman–Crippen MR) is 143 cm³/mol. The number of benzene rings is 2. The van der Waals surface area contributed by atoms with E-state index in [1.165, 1.54) is 0 Å². The van der Waals surface area contributed by atoms with Gasteiger partial charge in [-0.3, -0.25) is 9.59 Å². The summed E-state index contributed by atoms with van der Waals surface area (Å²) in [5.74, 6) is -0.0131. The third-order valence-corrected chi connectivity index (χ3v) is 8.23. The molecule has 1 saturated heterocycles. The molecule has 4 rings (SSSR count). The fourth-order valence-corrected chi connectivity index (χ4v) is 5.74. The molecule has 1 aliphatic carbocycles. The number of rotatable bonds is 8. The summed E-state index contributed by atoms with van der Waals surface area (Å²) in [5.41, 5.74) is 0.721. The van der Waals surface area contributed by atoms with Gasteiger partial charge in [0.15, 0.2) is 0 Å². The van der Waals surface area contributed by atoms with Gasteiger partial charge in [-0.25, -0.2) is 0 Å². The number of carbonyl (C=O) groups is 2. The quantitative estimate of drug-likeness (QED) is 0.450. The van der Waals surface area contributed by atoms with E-state index >= 15 is 0 Å². The molecular weight excluding hydrogens is 528 g/mol. The van der Waals surface area contributed by atoms with Crippen molar-refractivity contribution in [2.24, 2.45) is 5.92 Å². The first kappa shape index (κ1) is 26.6. The van der Waals surface area contributed by atoms with E-state index in [2.05, 4.69) is 22.6 Å². The van der Waals surface area contributed by atoms with E-state index in [0.29, 0.717) is 45.4 Å². The topological polar surface area (TPSA) is 61.4 Å². The molecule has 2 amide bonds. The second-order valence-corrected chi connectivity index (χ2v) is 11.4. The normalized spacial score (nSPS) is 18.7. The van der Waals surface area contributed by atoms with Crippen LogP contribution in [0.25, 0.3) is 0 Å². The third kappa shape index (κ3) is 6.44. The molecule has 2 N–H and O–H groups in total. The second kappa shape index (κ2) is 11.3. The first-order chi connectivity index (χ1) is 16.7. The van der Waals surface area contributed by atoms with Crippen molar-refractivity contribution in [3.8, 4) is 0 Å². The summed E-state index contributed by atoms with van der Waals surface area (Å²) in [4.78, 5) is 29.1. The van der Waals surface area contributed by atoms with Crippen molar-refractivity contribution in [1.29, 1.82) is 0 Å². The lowest BCUT2D eigenvalue weighted by Gasteiger charge is -2.29. The molecule has 1 saturated carbocycles. The number of likely N-dealkylation sites (tertiary alicyclic amines) is 1. The molecule has 0 aromatic heterocycles. The summed E-state index contributed by atoms with van der Waals surface area (Å²) < 4.78 is 0. The molecule has 0 radical (unpaired) electrons. The highest BCUT2D eigenvalue weighted by molar-refractivity contribution is 6.35. The maximum Gasteiger partial charge on any atom is 0.242 e. The van der Waals surface area contributed by atoms with Crippen molar-refractivity contribution >= 4 is 58.2 Å². The summed E-state index contributed by atoms with van der Waals surface area (Å²) in [5, 5.41) is 8.01. The Labute approximate surface area is 226 Å². The maximum atomic E-state index is 13.5. The van der Waals surface area contributed by atoms with Crippen LogP contribution >= 0.6 is 46.4 Å². The van der Waals surface area contributed by atoms with E-state index in [1.807, 2.05) is 0 Å². The van der Waals surface area contributed by atoms with Crippen LogP contribution < -0.4 is 10.6 Å². The highest BCUT2D eigenvalue weighted by Crippen LogP contribution is 2.51. The van der Waals surface area contributed by atoms with Crippen molar-refractivity contribution in [3.63, 3.8) is 0 Å². The summed E-state index contributed by atoms with van der Waals surface area (Å²) in [6.45, 7) is 2.62. The van der Waals surface area contributed by atoms with E-state index in [4.69, 9.17) is 46.4 Å². The molecule has 2 aliphatic rings. The molecule has 0 unspecified atom stereocenters. The van der Waals surface area contributed by atoms with Gasteiger partial charge < -0.3 is 15.5 Å². The molecule has 2 aromatic carbocycles. The smallest absolute Gasteiger partial charge is 0.242 e. The Balaban J connectivity index is 1.50. The number of hydrogen-bond donors (Lipinski definition) is 2. The van der Waals surface area contributed by atoms with E-state index in [9.17, 15) is 9.59 Å². The molecule has 0 bridgehead atoms. The summed E-state index contributed by atoms with van der Waals surface area (Å²) >= 11 is 24.9. The van der Waals surface area contributed by atoms with Crippen LogP contribution in [0.2, 0.25) is 20.1 Å². The lowest BCUT2D eigenvalue weighted by Crippen LogP contribution is -2.52. The Bertz CT molecular complexity index is 1100. The van der Waals surface area contributed by atoms with E-state index in [1.54, 1.807) is 36.4 Å². The third-order valence-electron chi connectivity index (χ3n) is 7.10. The molecular formula is C26H29Cl4N3O2. The van der Waals surface area contributed by atoms with Crippen LogP contribution in [0.1, 0.15) is 36.8 Å². The zero-order valence-electron chi connectivity index (χ0n) is 19.6. The lowest BCUT2D eigenvalue weighted by molar-refractivity contribution is -0.130. The molecule has 9 heteroatoms. The largest absolute Gasteiger partial charge is 0.354 e. The molecule has 188 valence electrons. The van der Waals surface area contributed by atoms with Crippen LogP contribution in [-0.2, 0) is 21.4 Å². The average molecular weight is 557 g/mol. The van der Waals surface area contributed by atoms with Gasteiger partial charge >= 0.3 is 0 Å². The number of carbonyl (C=O) groups excluding carboxylic acids is 2. The number of nitrogens with one attached hydrogen (secondary N) is 2. The zero-order valence-corrected chi connectivity index (χ0v) is 22.6. The first-order valence-electron chi connectivity index (χ1n) is 11.8. The number of nitrogens with zero attached hydrogens (tertiary/aromatic N) is 1. The van der Waals surface area contributed by atoms with Crippen molar-refractivity contribution in [2.45, 2.75) is 43.6 Å². The molecule has 1 aliphatic heterocycles. The van der Waals surface area contributed by atoms with E-state index < -0.39 is 11.5 Å². The van der Waals surface area contributed by atoms with Crippen LogP contribution in [0.5, 0.6) is 0 Å². The highest BCUT2D eigenvalue weighted by Gasteiger charge is 2.53. The molecule has 1 heterocycles. The maximum absolute atomic E-state index is 13.5. The fraction of sp³-hybridized carbons (Fsp3) is 0.462. The SMILES string of the molecule is CN1CCC(CNC(=O)[C@H](Cc2ccc(Cl)cc2Cl)NC(=O)C2(c3ccc(Cl)cc3Cl)CC2)CC1. The van der Waals surface area contributed by atoms with Gasteiger partial charge in [0.2, 0.25) is 11.8 Å². The molecule has 5 nitrogen and oxygen atoms in total. The lowest BCUT2D eigenvalue weighted by atomic mass is 9.93. The van der Waals surface area contributed by atoms with Crippen LogP contribution in [-0.4, -0.2) is 49.4 Å². The Morgan fingerprint density at radius 1 is 1.00 bits per heavy atom. The van der Waals surface area contributed by atoms with E-state index in [-0.39, 0.29) is 18.2 Å². The minimum atomic E-state index is -0.781. The van der Waals surface area contributed by atoms with Gasteiger partial charge in [0.05, 0.1) is 5.41 Å². The number of halogens is 4. The molecule has 2 fully saturated rings. The summed E-state index contributed by atoms with van der Waals surface area (Å²) in [7, 11) is 2.11. The zero-order chi connectivity index (χ0) is 25.2. The van der Waals surface area contributed by atoms with Gasteiger partial charge in [0, 0.05) is 33.1 Å². The molecule has 0 spiro atoms. The molecule has 35 heavy (non-hydrogen) atoms. The second-order valence-electron chi connectivity index (χ2n) is 9.66. The van der Waals surface area contributed by atoms with Crippen molar-refractivity contribution in [1.82, 2.24) is 15.5 Å². The van der Waals surface area contributed by atoms with Gasteiger partial charge in [-0.15, -0.1) is 0 Å². The standard InChI is InChI=1S/C26H29Cl4N3O2/c1-33-10-6-16(7-11-33)15-31-24(34)23(12-17-2-3-18(27)13-21(17)29)32-25(35)26(8-9-26)20-5-4-19(28)14-22(20)30/h2-5,13-14,16,23H,6-12,15H2,1H3,(H,31,34)(H,32,35)/t23-/m0/s1. The Morgan fingerprint density at radius 3 is 2.23 bits per heavy atom. The summed E-state index contributed by atoms with van der Waals surface area (Å²) in [6, 6.07) is 9.55. The number of amides is 2. The minimum absolute atomic E-state index is 0.216. The van der Waals surface area contributed by atoms with E-state index in [0.717, 1.165) is 37.1 Å². The monoisotopic (exact) mass is 555 g/mol. The van der Waals surface area contributed by atoms with Crippen LogP contribution in [0, 0.1) is 5.92 Å². The Kier molecular flexibility index (Phi) is 8.55. The van der Waals surface area contributed by atoms with Crippen LogP contribution in [0.4, 0.5) is 0 Å². The molecule has 2 aromatic rings. The van der Waals surface area contributed by atoms with Crippen molar-refractivity contribution in [3.05, 3.63) is 67.6 Å². The average Bonchev–Trinajstić information content (AvgIpc) is 3.61. The summed E-state index contributed by atoms with van der Waals surface area (Å²) in [6.07, 6.45) is 3.65. The van der Waals surface area contributed by atoms with Crippen molar-refractivity contribution in [2.75, 3.05) is 26.7 Å². The van der Waals surface area contributed by atoms with Crippen molar-refractivity contribution < 1.29 is 9.59 Å². The minimum Gasteiger partial charge on any atom is -0.354 e. The first-order valence-corrected chi connectivity index (χ1v) is 13.4. The number of piperidine rings is 1. The van der Waals surface area contributed by atoms with Crippen LogP contribution in [0.15, 0.2) is 36.4 Å². The van der Waals surface area contributed by atoms with Gasteiger partial charge in [-0.05, 0) is 87.1 Å². The Morgan fingerprint density at radius 2 is 1.63 bits per heavy atom. The predicted octanol–water partition coefficient (Wildman–Crippen LogP) is 5.52. The van der Waals surface area contributed by atoms with Gasteiger partial charge in [0.1, 0.15) is 6.04 Å². The highest BCUT2D eigenvalue weighted by atomic mass is 35.5. The van der Waals surface area contributed by atoms with Gasteiger partial charge in [0.25, 0.3) is 0 Å². The molecule has 1 atom stereocenters. The van der Waals surface area contributed by atoms with Gasteiger partial charge in [-0.2, -0.15) is 0 Å².